The molecule has 2 rings (SSSR count). The molecule has 398 valence electrons. The lowest BCUT2D eigenvalue weighted by Crippen LogP contribution is -2.57. The van der Waals surface area contributed by atoms with Crippen molar-refractivity contribution in [2.45, 2.75) is 113 Å². The van der Waals surface area contributed by atoms with Gasteiger partial charge in [0.25, 0.3) is 9.28 Å². The first-order chi connectivity index (χ1) is 30.1. The van der Waals surface area contributed by atoms with Gasteiger partial charge in [-0.25, -0.2) is 17.6 Å². The third-order valence-electron chi connectivity index (χ3n) is 8.16. The van der Waals surface area contributed by atoms with Crippen molar-refractivity contribution in [1.82, 2.24) is 0 Å². The Bertz CT molecular complexity index is 1060. The third kappa shape index (κ3) is 45.6. The van der Waals surface area contributed by atoms with Gasteiger partial charge in [0, 0.05) is 56.3 Å². The zero-order valence-electron chi connectivity index (χ0n) is 37.1. The molecule has 0 aromatic heterocycles. The number of alkyl halides is 13. The van der Waals surface area contributed by atoms with Gasteiger partial charge in [0.1, 0.15) is 6.10 Å². The normalized spacial score (nSPS) is 24.0. The van der Waals surface area contributed by atoms with Gasteiger partial charge in [0.05, 0.1) is 26.2 Å². The highest BCUT2D eigenvalue weighted by molar-refractivity contribution is 6.85. The van der Waals surface area contributed by atoms with Gasteiger partial charge in [-0.15, -0.1) is 0 Å². The predicted molar refractivity (Wildman–Crippen MR) is 211 cm³/mol. The second-order valence-corrected chi connectivity index (χ2v) is 30.5. The Kier molecular flexibility index (Phi) is 42.8. The van der Waals surface area contributed by atoms with Crippen LogP contribution < -0.4 is 0 Å². The highest BCUT2D eigenvalue weighted by atomic mass is 28.5. The lowest BCUT2D eigenvalue weighted by atomic mass is 10.4. The number of ether oxygens (including phenoxy) is 3. The van der Waals surface area contributed by atoms with E-state index in [2.05, 4.69) is 29.5 Å². The maximum Gasteiger partial charge on any atom is 0.500 e. The summed E-state index contributed by atoms with van der Waals surface area (Å²) in [6.45, 7) is 3.88. The molecule has 0 aromatic carbocycles. The van der Waals surface area contributed by atoms with Gasteiger partial charge < -0.3 is 44.3 Å². The second-order valence-electron chi connectivity index (χ2n) is 13.9. The van der Waals surface area contributed by atoms with Gasteiger partial charge in [0.2, 0.25) is 13.7 Å². The molecule has 2 aliphatic heterocycles. The summed E-state index contributed by atoms with van der Waals surface area (Å²) in [4.78, 5) is 4.75. The summed E-state index contributed by atoms with van der Waals surface area (Å²) >= 11 is 0. The molecule has 5 unspecified atom stereocenters. The summed E-state index contributed by atoms with van der Waals surface area (Å²) in [5.41, 5.74) is 0. The summed E-state index contributed by atoms with van der Waals surface area (Å²) in [5.74, 6) is 0. The number of hydrogen-bond acceptors (Lipinski definition) is 12. The monoisotopic (exact) mass is 1090 g/mol. The molecule has 0 bridgehead atoms. The van der Waals surface area contributed by atoms with Crippen LogP contribution in [-0.4, -0.2) is 156 Å². The molecule has 12 nitrogen and oxygen atoms in total. The highest BCUT2D eigenvalue weighted by Crippen LogP contribution is 2.33. The maximum atomic E-state index is 12.4. The van der Waals surface area contributed by atoms with Crippen molar-refractivity contribution in [3.63, 3.8) is 0 Å². The Morgan fingerprint density at radius 2 is 1.12 bits per heavy atom. The molecule has 2 aliphatic rings. The number of rotatable bonds is 20. The van der Waals surface area contributed by atoms with Crippen LogP contribution in [0.5, 0.6) is 0 Å². The van der Waals surface area contributed by atoms with Gasteiger partial charge in [-0.2, -0.15) is 49.4 Å². The lowest BCUT2D eigenvalue weighted by Gasteiger charge is -2.41. The standard InChI is InChI=1S/C25H55F3O10Si5.2C2H2F4.2CH2F2O.F2/c1-29-43(30-2,31-3)21-20-42(7)37-39(4)36-40(5,18-10-13-32-16-12-25(26,27)28)17-9-8-15-35-41(6,38-42)19-11-14-33-22-24-23-34-24;2*3-1-2(4,5)6;2*2-1-4-3;1-2/h24,39H,8-23H2,1-7H3;2*1H2;2*1H2;. The Hall–Kier alpha value is -0.586. The zero-order chi connectivity index (χ0) is 51.3. The Balaban J connectivity index is -0.000000697. The molecular formula is C31H63F17O12Si5. The Morgan fingerprint density at radius 1 is 0.662 bits per heavy atom. The van der Waals surface area contributed by atoms with Gasteiger partial charge in [0.15, 0.2) is 21.7 Å². The molecule has 5 atom stereocenters. The molecule has 2 fully saturated rings. The van der Waals surface area contributed by atoms with Crippen molar-refractivity contribution < 1.29 is 129 Å². The molecule has 65 heavy (non-hydrogen) atoms. The summed E-state index contributed by atoms with van der Waals surface area (Å²) in [6, 6.07) is 3.65. The van der Waals surface area contributed by atoms with E-state index in [4.69, 9.17) is 53.4 Å². The zero-order valence-corrected chi connectivity index (χ0v) is 42.3. The summed E-state index contributed by atoms with van der Waals surface area (Å²) in [6.07, 6.45) is -10.8. The van der Waals surface area contributed by atoms with Gasteiger partial charge >= 0.3 is 44.5 Å². The van der Waals surface area contributed by atoms with E-state index in [9.17, 15) is 66.1 Å². The van der Waals surface area contributed by atoms with Crippen LogP contribution in [0.3, 0.4) is 0 Å². The van der Waals surface area contributed by atoms with E-state index in [-0.39, 0.29) is 19.3 Å². The van der Waals surface area contributed by atoms with Crippen LogP contribution in [0, 0.1) is 0 Å². The van der Waals surface area contributed by atoms with Gasteiger partial charge in [-0.3, -0.25) is 0 Å². The van der Waals surface area contributed by atoms with E-state index in [0.29, 0.717) is 38.3 Å². The first-order valence-corrected chi connectivity index (χ1v) is 31.2. The first-order valence-electron chi connectivity index (χ1n) is 19.3. The van der Waals surface area contributed by atoms with Crippen LogP contribution in [0.15, 0.2) is 0 Å². The molecule has 0 N–H and O–H groups in total. The average molecular weight is 1090 g/mol. The smallest absolute Gasteiger partial charge is 0.438 e. The highest BCUT2D eigenvalue weighted by Gasteiger charge is 2.49. The van der Waals surface area contributed by atoms with Gasteiger partial charge in [-0.1, -0.05) is 6.42 Å². The van der Waals surface area contributed by atoms with Crippen molar-refractivity contribution in [2.24, 2.45) is 0 Å². The van der Waals surface area contributed by atoms with E-state index in [1.165, 1.54) is 0 Å². The third-order valence-corrected chi connectivity index (χ3v) is 27.8. The number of halogens is 17. The molecule has 0 amide bonds. The quantitative estimate of drug-likeness (QED) is 0.0500. The topological polar surface area (TPSA) is 114 Å². The molecule has 2 heterocycles. The molecule has 2 saturated heterocycles. The van der Waals surface area contributed by atoms with E-state index in [0.717, 1.165) is 44.0 Å². The van der Waals surface area contributed by atoms with Crippen LogP contribution in [0.25, 0.3) is 0 Å². The fraction of sp³-hybridized carbons (Fsp3) is 1.00. The predicted octanol–water partition coefficient (Wildman–Crippen LogP) is 11.0. The summed E-state index contributed by atoms with van der Waals surface area (Å²) in [5, 5.41) is 0. The van der Waals surface area contributed by atoms with Crippen LogP contribution in [0.2, 0.25) is 56.4 Å². The van der Waals surface area contributed by atoms with Crippen molar-refractivity contribution in [3.05, 3.63) is 0 Å². The Morgan fingerprint density at radius 3 is 1.54 bits per heavy atom. The van der Waals surface area contributed by atoms with E-state index < -0.39 is 95.5 Å². The first kappa shape index (κ1) is 71.0. The minimum absolute atomic E-state index is 0.236. The molecular weight excluding hydrogens is 1030 g/mol. The largest absolute Gasteiger partial charge is 0.500 e. The fourth-order valence-electron chi connectivity index (χ4n) is 5.30. The van der Waals surface area contributed by atoms with Crippen molar-refractivity contribution in [1.29, 1.82) is 0 Å². The van der Waals surface area contributed by atoms with Crippen molar-refractivity contribution >= 4 is 43.5 Å². The molecule has 0 aromatic rings. The minimum atomic E-state index is -4.62. The molecule has 0 radical (unpaired) electrons. The minimum Gasteiger partial charge on any atom is -0.438 e. The van der Waals surface area contributed by atoms with Crippen LogP contribution in [0.4, 0.5) is 75.3 Å². The van der Waals surface area contributed by atoms with Crippen LogP contribution in [-0.2, 0) is 54.1 Å². The summed E-state index contributed by atoms with van der Waals surface area (Å²) in [7, 11) is -7.99. The second kappa shape index (κ2) is 39.2. The number of hydrogen-bond donors (Lipinski definition) is 0. The number of epoxide rings is 1. The van der Waals surface area contributed by atoms with Crippen LogP contribution in [0.1, 0.15) is 32.1 Å². The average Bonchev–Trinajstić information content (AvgIpc) is 4.07. The molecule has 0 saturated carbocycles. The van der Waals surface area contributed by atoms with E-state index in [1.807, 2.05) is 6.55 Å². The molecule has 0 aliphatic carbocycles. The summed E-state index contributed by atoms with van der Waals surface area (Å²) < 4.78 is 237. The van der Waals surface area contributed by atoms with Crippen molar-refractivity contribution in [2.75, 3.05) is 88.0 Å². The van der Waals surface area contributed by atoms with Crippen LogP contribution >= 0.6 is 0 Å². The van der Waals surface area contributed by atoms with E-state index in [1.54, 1.807) is 21.3 Å². The van der Waals surface area contributed by atoms with Crippen molar-refractivity contribution in [3.8, 4) is 0 Å². The maximum absolute atomic E-state index is 12.4. The Labute approximate surface area is 373 Å². The lowest BCUT2D eigenvalue weighted by molar-refractivity contribution is -0.167. The SMILES string of the molecule is CO[Si](CC[Si]1(C)O[SiH](C)O[Si](C)(CCCOCCC(F)(F)F)CCCCO[Si](C)(CCCOCC2CO2)O1)(OC)OC.FCC(F)(F)F.FCC(F)(F)F.FCOF.FCOF.FF. The molecule has 0 spiro atoms. The fourth-order valence-corrected chi connectivity index (χ4v) is 26.5. The van der Waals surface area contributed by atoms with E-state index >= 15 is 0 Å². The molecule has 34 heteroatoms. The van der Waals surface area contributed by atoms with Gasteiger partial charge in [-0.05, 0) is 78.7 Å².